The van der Waals surface area contributed by atoms with Crippen LogP contribution in [0.5, 0.6) is 11.5 Å². The third-order valence-electron chi connectivity index (χ3n) is 5.45. The van der Waals surface area contributed by atoms with Crippen LogP contribution in [0.1, 0.15) is 30.9 Å². The SMILES string of the molecule is COc1ccc(OC)c(N(Cc2nc3n(n2)CCCCC3)C(=O)Nc2ccc(Cl)c(Cl)c2)c1. The van der Waals surface area contributed by atoms with Crippen LogP contribution in [0.2, 0.25) is 10.0 Å². The molecule has 2 heterocycles. The Morgan fingerprint density at radius 3 is 2.70 bits per heavy atom. The number of aromatic nitrogens is 3. The van der Waals surface area contributed by atoms with E-state index in [1.807, 2.05) is 4.68 Å². The molecular weight excluding hydrogens is 465 g/mol. The van der Waals surface area contributed by atoms with Gasteiger partial charge in [-0.15, -0.1) is 0 Å². The highest BCUT2D eigenvalue weighted by Gasteiger charge is 2.24. The highest BCUT2D eigenvalue weighted by Crippen LogP contribution is 2.34. The maximum atomic E-state index is 13.5. The van der Waals surface area contributed by atoms with Gasteiger partial charge in [-0.2, -0.15) is 5.10 Å². The summed E-state index contributed by atoms with van der Waals surface area (Å²) < 4.78 is 12.9. The van der Waals surface area contributed by atoms with Gasteiger partial charge in [0.1, 0.15) is 17.3 Å². The number of methoxy groups -OCH3 is 2. The maximum absolute atomic E-state index is 13.5. The lowest BCUT2D eigenvalue weighted by atomic mass is 10.2. The minimum atomic E-state index is -0.398. The molecule has 174 valence electrons. The number of anilines is 2. The molecule has 2 aromatic carbocycles. The van der Waals surface area contributed by atoms with Crippen LogP contribution in [0.25, 0.3) is 0 Å². The fourth-order valence-corrected chi connectivity index (χ4v) is 4.06. The molecule has 0 aliphatic carbocycles. The number of aryl methyl sites for hydroxylation is 2. The highest BCUT2D eigenvalue weighted by atomic mass is 35.5. The predicted molar refractivity (Wildman–Crippen MR) is 129 cm³/mol. The molecule has 0 fully saturated rings. The lowest BCUT2D eigenvalue weighted by Crippen LogP contribution is -2.35. The van der Waals surface area contributed by atoms with Crippen molar-refractivity contribution in [2.45, 2.75) is 38.8 Å². The number of amides is 2. The number of hydrogen-bond donors (Lipinski definition) is 1. The zero-order chi connectivity index (χ0) is 23.4. The second-order valence-electron chi connectivity index (χ2n) is 7.66. The van der Waals surface area contributed by atoms with Crippen LogP contribution in [0, 0.1) is 0 Å². The normalized spacial score (nSPS) is 13.1. The molecule has 0 radical (unpaired) electrons. The van der Waals surface area contributed by atoms with Gasteiger partial charge >= 0.3 is 6.03 Å². The van der Waals surface area contributed by atoms with Crippen LogP contribution in [-0.2, 0) is 19.5 Å². The van der Waals surface area contributed by atoms with Crippen LogP contribution >= 0.6 is 23.2 Å². The molecule has 3 aromatic rings. The number of ether oxygens (including phenoxy) is 2. The Bertz CT molecular complexity index is 1130. The first-order valence-electron chi connectivity index (χ1n) is 10.7. The summed E-state index contributed by atoms with van der Waals surface area (Å²) in [5.74, 6) is 2.61. The van der Waals surface area contributed by atoms with Gasteiger partial charge in [-0.3, -0.25) is 4.90 Å². The molecule has 0 atom stereocenters. The third kappa shape index (κ3) is 5.34. The average molecular weight is 490 g/mol. The number of halogens is 2. The van der Waals surface area contributed by atoms with Gasteiger partial charge in [-0.25, -0.2) is 14.5 Å². The number of nitrogens with one attached hydrogen (secondary N) is 1. The summed E-state index contributed by atoms with van der Waals surface area (Å²) in [4.78, 5) is 19.7. The van der Waals surface area contributed by atoms with E-state index in [1.165, 1.54) is 11.3 Å². The van der Waals surface area contributed by atoms with E-state index in [2.05, 4.69) is 10.4 Å². The summed E-state index contributed by atoms with van der Waals surface area (Å²) >= 11 is 12.1. The molecule has 1 aliphatic rings. The minimum Gasteiger partial charge on any atom is -0.497 e. The van der Waals surface area contributed by atoms with Gasteiger partial charge in [0.15, 0.2) is 5.82 Å². The molecule has 0 spiro atoms. The van der Waals surface area contributed by atoms with Crippen molar-refractivity contribution in [2.24, 2.45) is 0 Å². The monoisotopic (exact) mass is 489 g/mol. The Morgan fingerprint density at radius 1 is 1.09 bits per heavy atom. The Hall–Kier alpha value is -2.97. The molecule has 1 aromatic heterocycles. The molecule has 8 nitrogen and oxygen atoms in total. The first kappa shape index (κ1) is 23.2. The number of carbonyl (C=O) groups excluding carboxylic acids is 1. The highest BCUT2D eigenvalue weighted by molar-refractivity contribution is 6.42. The summed E-state index contributed by atoms with van der Waals surface area (Å²) in [5, 5.41) is 8.29. The van der Waals surface area contributed by atoms with Gasteiger partial charge in [0.05, 0.1) is 36.5 Å². The third-order valence-corrected chi connectivity index (χ3v) is 6.19. The lowest BCUT2D eigenvalue weighted by Gasteiger charge is -2.24. The Balaban J connectivity index is 1.69. The van der Waals surface area contributed by atoms with Crippen molar-refractivity contribution >= 4 is 40.6 Å². The zero-order valence-electron chi connectivity index (χ0n) is 18.5. The van der Waals surface area contributed by atoms with Gasteiger partial charge in [0, 0.05) is 24.7 Å². The van der Waals surface area contributed by atoms with E-state index in [0.717, 1.165) is 31.6 Å². The summed E-state index contributed by atoms with van der Waals surface area (Å²) in [6, 6.07) is 9.78. The van der Waals surface area contributed by atoms with E-state index in [-0.39, 0.29) is 6.54 Å². The minimum absolute atomic E-state index is 0.149. The van der Waals surface area contributed by atoms with Crippen molar-refractivity contribution in [2.75, 3.05) is 24.4 Å². The van der Waals surface area contributed by atoms with Crippen molar-refractivity contribution < 1.29 is 14.3 Å². The molecule has 0 unspecified atom stereocenters. The second-order valence-corrected chi connectivity index (χ2v) is 8.48. The standard InChI is InChI=1S/C23H25Cl2N5O3/c1-32-16-8-10-20(33-2)19(13-16)29(23(31)26-15-7-9-17(24)18(25)12-15)14-21-27-22-6-4-3-5-11-30(22)28-21/h7-10,12-13H,3-6,11,14H2,1-2H3,(H,26,31). The number of urea groups is 1. The topological polar surface area (TPSA) is 81.5 Å². The Kier molecular flexibility index (Phi) is 7.25. The van der Waals surface area contributed by atoms with E-state index < -0.39 is 6.03 Å². The van der Waals surface area contributed by atoms with Gasteiger partial charge in [-0.05, 0) is 43.2 Å². The molecule has 1 N–H and O–H groups in total. The fraction of sp³-hybridized carbons (Fsp3) is 0.348. The van der Waals surface area contributed by atoms with Crippen LogP contribution in [0.15, 0.2) is 36.4 Å². The number of benzene rings is 2. The molecule has 0 saturated heterocycles. The smallest absolute Gasteiger partial charge is 0.326 e. The van der Waals surface area contributed by atoms with Gasteiger partial charge in [0.25, 0.3) is 0 Å². The van der Waals surface area contributed by atoms with E-state index >= 15 is 0 Å². The summed E-state index contributed by atoms with van der Waals surface area (Å²) in [7, 11) is 3.12. The van der Waals surface area contributed by atoms with E-state index in [0.29, 0.717) is 38.7 Å². The van der Waals surface area contributed by atoms with Crippen LogP contribution < -0.4 is 19.7 Å². The van der Waals surface area contributed by atoms with Gasteiger partial charge in [0.2, 0.25) is 0 Å². The van der Waals surface area contributed by atoms with Crippen molar-refractivity contribution in [3.8, 4) is 11.5 Å². The molecule has 4 rings (SSSR count). The van der Waals surface area contributed by atoms with Crippen LogP contribution in [-0.4, -0.2) is 35.0 Å². The number of hydrogen-bond acceptors (Lipinski definition) is 5. The first-order valence-corrected chi connectivity index (χ1v) is 11.4. The second kappa shape index (κ2) is 10.3. The summed E-state index contributed by atoms with van der Waals surface area (Å²) in [5.41, 5.74) is 1.04. The maximum Gasteiger partial charge on any atom is 0.326 e. The largest absolute Gasteiger partial charge is 0.497 e. The molecule has 33 heavy (non-hydrogen) atoms. The lowest BCUT2D eigenvalue weighted by molar-refractivity contribution is 0.256. The Morgan fingerprint density at radius 2 is 1.94 bits per heavy atom. The van der Waals surface area contributed by atoms with Gasteiger partial charge < -0.3 is 14.8 Å². The molecule has 1 aliphatic heterocycles. The van der Waals surface area contributed by atoms with E-state index in [4.69, 9.17) is 37.7 Å². The van der Waals surface area contributed by atoms with Crippen molar-refractivity contribution in [3.05, 3.63) is 58.1 Å². The Labute approximate surface area is 202 Å². The molecule has 2 amide bonds. The predicted octanol–water partition coefficient (Wildman–Crippen LogP) is 5.57. The fourth-order valence-electron chi connectivity index (χ4n) is 3.76. The zero-order valence-corrected chi connectivity index (χ0v) is 20.0. The molecule has 0 saturated carbocycles. The van der Waals surface area contributed by atoms with E-state index in [9.17, 15) is 4.79 Å². The summed E-state index contributed by atoms with van der Waals surface area (Å²) in [6.07, 6.45) is 4.20. The number of carbonyl (C=O) groups is 1. The van der Waals surface area contributed by atoms with E-state index in [1.54, 1.807) is 50.6 Å². The molecular formula is C23H25Cl2N5O3. The van der Waals surface area contributed by atoms with Crippen molar-refractivity contribution in [1.82, 2.24) is 14.8 Å². The molecule has 10 heteroatoms. The van der Waals surface area contributed by atoms with Crippen molar-refractivity contribution in [3.63, 3.8) is 0 Å². The summed E-state index contributed by atoms with van der Waals surface area (Å²) in [6.45, 7) is 0.983. The quantitative estimate of drug-likeness (QED) is 0.489. The number of fused-ring (bicyclic) bond motifs is 1. The first-order chi connectivity index (χ1) is 16.0. The van der Waals surface area contributed by atoms with Crippen LogP contribution in [0.4, 0.5) is 16.2 Å². The average Bonchev–Trinajstić information content (AvgIpc) is 3.07. The van der Waals surface area contributed by atoms with Gasteiger partial charge in [-0.1, -0.05) is 29.6 Å². The number of rotatable bonds is 6. The molecule has 0 bridgehead atoms. The number of nitrogens with zero attached hydrogens (tertiary/aromatic N) is 4. The van der Waals surface area contributed by atoms with Crippen LogP contribution in [0.3, 0.4) is 0 Å². The van der Waals surface area contributed by atoms with Crippen molar-refractivity contribution in [1.29, 1.82) is 0 Å².